The van der Waals surface area contributed by atoms with E-state index in [9.17, 15) is 5.11 Å². The summed E-state index contributed by atoms with van der Waals surface area (Å²) in [5.41, 5.74) is 6.88. The number of aromatic nitrogens is 2. The van der Waals surface area contributed by atoms with Gasteiger partial charge in [0.25, 0.3) is 0 Å². The standard InChI is InChI=1S/C11H21N5O3/c1-7-9(10(12)14-18)11(16(3)13-7)15(2)5-8(17)6-19-4/h8,17-18H,5-6H2,1-4H3,(H2,12,14). The maximum absolute atomic E-state index is 9.76. The van der Waals surface area contributed by atoms with Crippen molar-refractivity contribution in [1.29, 1.82) is 0 Å². The molecular formula is C11H21N5O3. The lowest BCUT2D eigenvalue weighted by atomic mass is 10.2. The second-order valence-corrected chi connectivity index (χ2v) is 4.38. The van der Waals surface area contributed by atoms with Gasteiger partial charge in [-0.3, -0.25) is 4.68 Å². The van der Waals surface area contributed by atoms with Gasteiger partial charge < -0.3 is 25.7 Å². The quantitative estimate of drug-likeness (QED) is 0.272. The summed E-state index contributed by atoms with van der Waals surface area (Å²) in [7, 11) is 5.08. The van der Waals surface area contributed by atoms with Gasteiger partial charge in [0, 0.05) is 27.7 Å². The summed E-state index contributed by atoms with van der Waals surface area (Å²) in [6, 6.07) is 0. The van der Waals surface area contributed by atoms with Crippen molar-refractivity contribution in [1.82, 2.24) is 9.78 Å². The average Bonchev–Trinajstić information content (AvgIpc) is 2.63. The lowest BCUT2D eigenvalue weighted by Gasteiger charge is -2.23. The third kappa shape index (κ3) is 3.36. The molecule has 108 valence electrons. The predicted octanol–water partition coefficient (Wildman–Crippen LogP) is -0.733. The Kier molecular flexibility index (Phi) is 5.13. The smallest absolute Gasteiger partial charge is 0.175 e. The third-order valence-electron chi connectivity index (χ3n) is 2.76. The van der Waals surface area contributed by atoms with Crippen LogP contribution in [0.25, 0.3) is 0 Å². The molecule has 0 fully saturated rings. The van der Waals surface area contributed by atoms with Gasteiger partial charge in [0.2, 0.25) is 0 Å². The largest absolute Gasteiger partial charge is 0.409 e. The number of methoxy groups -OCH3 is 1. The number of aliphatic hydroxyl groups excluding tert-OH is 1. The summed E-state index contributed by atoms with van der Waals surface area (Å²) < 4.78 is 6.51. The van der Waals surface area contributed by atoms with Crippen molar-refractivity contribution in [3.05, 3.63) is 11.3 Å². The first-order valence-corrected chi connectivity index (χ1v) is 5.82. The van der Waals surface area contributed by atoms with Crippen molar-refractivity contribution in [2.75, 3.05) is 32.2 Å². The zero-order valence-corrected chi connectivity index (χ0v) is 11.7. The Balaban J connectivity index is 3.05. The van der Waals surface area contributed by atoms with Crippen LogP contribution < -0.4 is 10.6 Å². The van der Waals surface area contributed by atoms with Crippen LogP contribution in [0.1, 0.15) is 11.3 Å². The number of anilines is 1. The lowest BCUT2D eigenvalue weighted by molar-refractivity contribution is 0.0693. The molecule has 8 nitrogen and oxygen atoms in total. The second-order valence-electron chi connectivity index (χ2n) is 4.38. The molecule has 0 aliphatic carbocycles. The van der Waals surface area contributed by atoms with Crippen molar-refractivity contribution >= 4 is 11.7 Å². The average molecular weight is 271 g/mol. The molecule has 1 atom stereocenters. The van der Waals surface area contributed by atoms with E-state index in [2.05, 4.69) is 10.3 Å². The lowest BCUT2D eigenvalue weighted by Crippen LogP contribution is -2.34. The highest BCUT2D eigenvalue weighted by molar-refractivity contribution is 6.02. The van der Waals surface area contributed by atoms with Crippen LogP contribution in [-0.2, 0) is 11.8 Å². The highest BCUT2D eigenvalue weighted by Crippen LogP contribution is 2.22. The van der Waals surface area contributed by atoms with Gasteiger partial charge in [0.1, 0.15) is 5.82 Å². The fourth-order valence-electron chi connectivity index (χ4n) is 2.08. The van der Waals surface area contributed by atoms with Gasteiger partial charge in [-0.25, -0.2) is 0 Å². The molecule has 0 aliphatic rings. The Morgan fingerprint density at radius 2 is 2.26 bits per heavy atom. The third-order valence-corrected chi connectivity index (χ3v) is 2.76. The number of likely N-dealkylation sites (N-methyl/N-ethyl adjacent to an activating group) is 1. The first-order valence-electron chi connectivity index (χ1n) is 5.82. The molecule has 0 bridgehead atoms. The fraction of sp³-hybridized carbons (Fsp3) is 0.636. The summed E-state index contributed by atoms with van der Waals surface area (Å²) in [5, 5.41) is 25.9. The Labute approximate surface area is 112 Å². The summed E-state index contributed by atoms with van der Waals surface area (Å²) in [5.74, 6) is 0.664. The maximum atomic E-state index is 9.76. The van der Waals surface area contributed by atoms with Gasteiger partial charge in [0.05, 0.1) is 24.0 Å². The van der Waals surface area contributed by atoms with Gasteiger partial charge in [-0.2, -0.15) is 5.10 Å². The highest BCUT2D eigenvalue weighted by atomic mass is 16.5. The molecule has 0 aromatic carbocycles. The highest BCUT2D eigenvalue weighted by Gasteiger charge is 2.21. The first kappa shape index (κ1) is 15.3. The van der Waals surface area contributed by atoms with E-state index in [-0.39, 0.29) is 12.4 Å². The van der Waals surface area contributed by atoms with Crippen LogP contribution in [0.5, 0.6) is 0 Å². The zero-order chi connectivity index (χ0) is 14.6. The first-order chi connectivity index (χ1) is 8.92. The van der Waals surface area contributed by atoms with E-state index in [4.69, 9.17) is 15.7 Å². The number of rotatable bonds is 6. The fourth-order valence-corrected chi connectivity index (χ4v) is 2.08. The number of hydrogen-bond acceptors (Lipinski definition) is 6. The predicted molar refractivity (Wildman–Crippen MR) is 71.6 cm³/mol. The Morgan fingerprint density at radius 1 is 1.63 bits per heavy atom. The van der Waals surface area contributed by atoms with Gasteiger partial charge in [-0.1, -0.05) is 5.16 Å². The molecule has 1 aromatic rings. The van der Waals surface area contributed by atoms with Crippen LogP contribution in [0.15, 0.2) is 5.16 Å². The molecule has 1 unspecified atom stereocenters. The van der Waals surface area contributed by atoms with Crippen molar-refractivity contribution in [3.63, 3.8) is 0 Å². The van der Waals surface area contributed by atoms with E-state index >= 15 is 0 Å². The van der Waals surface area contributed by atoms with Crippen molar-refractivity contribution < 1.29 is 15.1 Å². The molecule has 1 heterocycles. The number of oxime groups is 1. The van der Waals surface area contributed by atoms with Gasteiger partial charge in [-0.05, 0) is 6.92 Å². The number of nitrogens with zero attached hydrogens (tertiary/aromatic N) is 4. The monoisotopic (exact) mass is 271 g/mol. The molecule has 8 heteroatoms. The zero-order valence-electron chi connectivity index (χ0n) is 11.7. The number of ether oxygens (including phenoxy) is 1. The summed E-state index contributed by atoms with van der Waals surface area (Å²) in [6.07, 6.45) is -0.634. The number of aryl methyl sites for hydroxylation is 2. The van der Waals surface area contributed by atoms with Crippen molar-refractivity contribution in [2.24, 2.45) is 17.9 Å². The number of aliphatic hydroxyl groups is 1. The molecule has 19 heavy (non-hydrogen) atoms. The number of hydrogen-bond donors (Lipinski definition) is 3. The molecule has 0 amide bonds. The van der Waals surface area contributed by atoms with Crippen molar-refractivity contribution in [2.45, 2.75) is 13.0 Å². The van der Waals surface area contributed by atoms with Crippen LogP contribution in [0, 0.1) is 6.92 Å². The molecule has 1 aromatic heterocycles. The van der Waals surface area contributed by atoms with Crippen LogP contribution >= 0.6 is 0 Å². The van der Waals surface area contributed by atoms with Crippen molar-refractivity contribution in [3.8, 4) is 0 Å². The van der Waals surface area contributed by atoms with E-state index in [1.165, 1.54) is 7.11 Å². The summed E-state index contributed by atoms with van der Waals surface area (Å²) in [6.45, 7) is 2.36. The topological polar surface area (TPSA) is 109 Å². The van der Waals surface area contributed by atoms with Gasteiger partial charge in [0.15, 0.2) is 5.84 Å². The van der Waals surface area contributed by atoms with E-state index < -0.39 is 6.10 Å². The van der Waals surface area contributed by atoms with E-state index in [0.29, 0.717) is 23.6 Å². The maximum Gasteiger partial charge on any atom is 0.175 e. The van der Waals surface area contributed by atoms with Crippen LogP contribution in [0.2, 0.25) is 0 Å². The van der Waals surface area contributed by atoms with Crippen LogP contribution in [-0.4, -0.2) is 59.3 Å². The Bertz CT molecular complexity index is 457. The second kappa shape index (κ2) is 6.39. The molecule has 4 N–H and O–H groups in total. The normalized spacial score (nSPS) is 13.6. The molecule has 0 aliphatic heterocycles. The molecule has 0 radical (unpaired) electrons. The van der Waals surface area contributed by atoms with Crippen LogP contribution in [0.4, 0.5) is 5.82 Å². The molecule has 0 saturated carbocycles. The minimum Gasteiger partial charge on any atom is -0.409 e. The molecule has 0 spiro atoms. The Morgan fingerprint density at radius 3 is 2.79 bits per heavy atom. The number of amidine groups is 1. The Hall–Kier alpha value is -1.80. The van der Waals surface area contributed by atoms with E-state index in [1.807, 2.05) is 0 Å². The SMILES string of the molecule is COCC(O)CN(C)c1c(C(N)=NO)c(C)nn1C. The van der Waals surface area contributed by atoms with Crippen LogP contribution in [0.3, 0.4) is 0 Å². The number of nitrogens with two attached hydrogens (primary N) is 1. The summed E-state index contributed by atoms with van der Waals surface area (Å²) in [4.78, 5) is 1.79. The minimum atomic E-state index is -0.634. The van der Waals surface area contributed by atoms with Gasteiger partial charge >= 0.3 is 0 Å². The molecule has 1 rings (SSSR count). The van der Waals surface area contributed by atoms with E-state index in [0.717, 1.165) is 0 Å². The van der Waals surface area contributed by atoms with E-state index in [1.54, 1.807) is 30.6 Å². The van der Waals surface area contributed by atoms with Gasteiger partial charge in [-0.15, -0.1) is 0 Å². The summed E-state index contributed by atoms with van der Waals surface area (Å²) >= 11 is 0. The minimum absolute atomic E-state index is 0.00585. The molecule has 0 saturated heterocycles. The molecular weight excluding hydrogens is 250 g/mol.